The fraction of sp³-hybridized carbons (Fsp3) is 0.167. The van der Waals surface area contributed by atoms with E-state index in [0.717, 1.165) is 11.2 Å². The van der Waals surface area contributed by atoms with E-state index in [1.165, 1.54) is 20.3 Å². The van der Waals surface area contributed by atoms with Gasteiger partial charge in [0.1, 0.15) is 22.0 Å². The smallest absolute Gasteiger partial charge is 0.210 e. The Morgan fingerprint density at radius 3 is 2.50 bits per heavy atom. The van der Waals surface area contributed by atoms with Crippen molar-refractivity contribution in [3.05, 3.63) is 84.3 Å². The third kappa shape index (κ3) is 4.22. The van der Waals surface area contributed by atoms with E-state index < -0.39 is 9.84 Å². The first-order valence-corrected chi connectivity index (χ1v) is 11.4. The van der Waals surface area contributed by atoms with Gasteiger partial charge in [0.2, 0.25) is 9.84 Å². The Hall–Kier alpha value is -3.65. The maximum atomic E-state index is 13.1. The van der Waals surface area contributed by atoms with Gasteiger partial charge in [-0.1, -0.05) is 12.1 Å². The summed E-state index contributed by atoms with van der Waals surface area (Å²) < 4.78 is 38.5. The number of nitrogens with zero attached hydrogens (tertiary/aromatic N) is 2. The lowest BCUT2D eigenvalue weighted by Gasteiger charge is -2.12. The molecule has 0 spiro atoms. The second-order valence-corrected chi connectivity index (χ2v) is 9.12. The van der Waals surface area contributed by atoms with Gasteiger partial charge < -0.3 is 13.9 Å². The van der Waals surface area contributed by atoms with Crippen LogP contribution in [0.25, 0.3) is 5.65 Å². The fourth-order valence-electron chi connectivity index (χ4n) is 3.44. The largest absolute Gasteiger partial charge is 0.497 e. The molecular formula is C24H22N2O5S. The van der Waals surface area contributed by atoms with Crippen LogP contribution >= 0.6 is 0 Å². The van der Waals surface area contributed by atoms with Crippen LogP contribution in [0.1, 0.15) is 22.3 Å². The van der Waals surface area contributed by atoms with Gasteiger partial charge in [0.05, 0.1) is 19.1 Å². The van der Waals surface area contributed by atoms with Crippen molar-refractivity contribution in [1.29, 1.82) is 0 Å². The quantitative estimate of drug-likeness (QED) is 0.377. The number of hydrogen-bond acceptors (Lipinski definition) is 6. The topological polar surface area (TPSA) is 87.0 Å². The van der Waals surface area contributed by atoms with Crippen molar-refractivity contribution in [2.75, 3.05) is 14.2 Å². The molecule has 0 bridgehead atoms. The molecule has 0 amide bonds. The van der Waals surface area contributed by atoms with Crippen LogP contribution in [0.3, 0.4) is 0 Å². The molecule has 2 aromatic heterocycles. The molecule has 2 aromatic carbocycles. The van der Waals surface area contributed by atoms with Gasteiger partial charge in [0, 0.05) is 36.6 Å². The summed E-state index contributed by atoms with van der Waals surface area (Å²) in [6.45, 7) is 0. The highest BCUT2D eigenvalue weighted by Gasteiger charge is 2.23. The van der Waals surface area contributed by atoms with Gasteiger partial charge in [-0.25, -0.2) is 13.4 Å². The minimum absolute atomic E-state index is 0.0124. The maximum absolute atomic E-state index is 13.1. The van der Waals surface area contributed by atoms with Crippen LogP contribution < -0.4 is 9.47 Å². The lowest BCUT2D eigenvalue weighted by molar-refractivity contribution is 0.0982. The van der Waals surface area contributed by atoms with Crippen molar-refractivity contribution in [2.45, 2.75) is 22.6 Å². The number of carbonyl (C=O) groups excluding carboxylic acids is 1. The number of carbonyl (C=O) groups is 1. The number of benzene rings is 2. The standard InChI is InChI=1S/C24H22N2O5S/c1-30-19-7-11-22(31-2)23(15-19)32(28,29)20-8-3-17(4-9-20)5-10-21(27)18-6-12-24-25-13-14-26(24)16-18/h3-4,6-9,11-16H,5,10H2,1-2H3. The Bertz CT molecular complexity index is 1380. The molecule has 7 nitrogen and oxygen atoms in total. The molecule has 0 saturated heterocycles. The van der Waals surface area contributed by atoms with Gasteiger partial charge in [-0.3, -0.25) is 4.79 Å². The monoisotopic (exact) mass is 450 g/mol. The Kier molecular flexibility index (Phi) is 5.96. The van der Waals surface area contributed by atoms with Crippen LogP contribution in [0.5, 0.6) is 11.5 Å². The minimum Gasteiger partial charge on any atom is -0.497 e. The average molecular weight is 451 g/mol. The Labute approximate surface area is 186 Å². The molecule has 32 heavy (non-hydrogen) atoms. The number of fused-ring (bicyclic) bond motifs is 1. The molecule has 0 N–H and O–H groups in total. The molecule has 0 saturated carbocycles. The Morgan fingerprint density at radius 2 is 1.78 bits per heavy atom. The number of methoxy groups -OCH3 is 2. The summed E-state index contributed by atoms with van der Waals surface area (Å²) in [5, 5.41) is 0. The molecule has 0 unspecified atom stereocenters. The van der Waals surface area contributed by atoms with E-state index in [1.54, 1.807) is 71.5 Å². The summed E-state index contributed by atoms with van der Waals surface area (Å²) in [6, 6.07) is 14.8. The van der Waals surface area contributed by atoms with Crippen LogP contribution in [0.2, 0.25) is 0 Å². The van der Waals surface area contributed by atoms with Crippen LogP contribution in [0, 0.1) is 0 Å². The summed E-state index contributed by atoms with van der Waals surface area (Å²) in [5.41, 5.74) is 2.27. The predicted molar refractivity (Wildman–Crippen MR) is 119 cm³/mol. The molecule has 2 heterocycles. The Morgan fingerprint density at radius 1 is 1.00 bits per heavy atom. The van der Waals surface area contributed by atoms with Crippen LogP contribution in [0.15, 0.2) is 83.0 Å². The molecule has 4 aromatic rings. The van der Waals surface area contributed by atoms with E-state index in [2.05, 4.69) is 4.98 Å². The minimum atomic E-state index is -3.80. The van der Waals surface area contributed by atoms with E-state index in [4.69, 9.17) is 9.47 Å². The first-order valence-electron chi connectivity index (χ1n) is 9.94. The number of aromatic nitrogens is 2. The fourth-order valence-corrected chi connectivity index (χ4v) is 4.88. The average Bonchev–Trinajstić information content (AvgIpc) is 3.30. The van der Waals surface area contributed by atoms with Crippen molar-refractivity contribution in [2.24, 2.45) is 0 Å². The van der Waals surface area contributed by atoms with Gasteiger partial charge in [0.25, 0.3) is 0 Å². The van der Waals surface area contributed by atoms with Gasteiger partial charge in [-0.05, 0) is 48.4 Å². The first kappa shape index (κ1) is 21.6. The third-order valence-corrected chi connectivity index (χ3v) is 7.04. The maximum Gasteiger partial charge on any atom is 0.210 e. The highest BCUT2D eigenvalue weighted by molar-refractivity contribution is 7.91. The highest BCUT2D eigenvalue weighted by Crippen LogP contribution is 2.32. The molecule has 4 rings (SSSR count). The van der Waals surface area contributed by atoms with E-state index >= 15 is 0 Å². The number of ketones is 1. The summed E-state index contributed by atoms with van der Waals surface area (Å²) in [4.78, 5) is 16.9. The zero-order chi connectivity index (χ0) is 22.7. The molecule has 0 aliphatic carbocycles. The van der Waals surface area contributed by atoms with Crippen LogP contribution in [-0.4, -0.2) is 37.8 Å². The number of ether oxygens (including phenoxy) is 2. The number of rotatable bonds is 8. The second kappa shape index (κ2) is 8.84. The number of aryl methyl sites for hydroxylation is 1. The SMILES string of the molecule is COc1ccc(OC)c(S(=O)(=O)c2ccc(CCC(=O)c3ccc4nccn4c3)cc2)c1. The number of Topliss-reactive ketones (excluding diaryl/α,β-unsaturated/α-hetero) is 1. The summed E-state index contributed by atoms with van der Waals surface area (Å²) in [7, 11) is -0.905. The van der Waals surface area contributed by atoms with Crippen molar-refractivity contribution in [3.8, 4) is 11.5 Å². The zero-order valence-electron chi connectivity index (χ0n) is 17.7. The van der Waals surface area contributed by atoms with Crippen molar-refractivity contribution in [1.82, 2.24) is 9.38 Å². The molecule has 0 aliphatic rings. The van der Waals surface area contributed by atoms with Crippen molar-refractivity contribution >= 4 is 21.3 Å². The molecule has 0 fully saturated rings. The molecule has 8 heteroatoms. The summed E-state index contributed by atoms with van der Waals surface area (Å²) in [5.74, 6) is 0.683. The van der Waals surface area contributed by atoms with Crippen LogP contribution in [-0.2, 0) is 16.3 Å². The number of imidazole rings is 1. The number of sulfone groups is 1. The molecule has 0 radical (unpaired) electrons. The normalized spacial score (nSPS) is 11.4. The molecule has 164 valence electrons. The molecule has 0 aliphatic heterocycles. The number of pyridine rings is 1. The van der Waals surface area contributed by atoms with Crippen molar-refractivity contribution < 1.29 is 22.7 Å². The molecular weight excluding hydrogens is 428 g/mol. The van der Waals surface area contributed by atoms with Gasteiger partial charge >= 0.3 is 0 Å². The van der Waals surface area contributed by atoms with Crippen LogP contribution in [0.4, 0.5) is 0 Å². The molecule has 0 atom stereocenters. The summed E-state index contributed by atoms with van der Waals surface area (Å²) >= 11 is 0. The highest BCUT2D eigenvalue weighted by atomic mass is 32.2. The Balaban J connectivity index is 1.49. The van der Waals surface area contributed by atoms with Gasteiger partial charge in [-0.2, -0.15) is 0 Å². The van der Waals surface area contributed by atoms with E-state index in [0.29, 0.717) is 24.2 Å². The lowest BCUT2D eigenvalue weighted by atomic mass is 10.0. The summed E-state index contributed by atoms with van der Waals surface area (Å²) in [6.07, 6.45) is 6.06. The van der Waals surface area contributed by atoms with E-state index in [1.807, 2.05) is 0 Å². The third-order valence-electron chi connectivity index (χ3n) is 5.25. The van der Waals surface area contributed by atoms with E-state index in [-0.39, 0.29) is 21.3 Å². The first-order chi connectivity index (χ1) is 15.4. The zero-order valence-corrected chi connectivity index (χ0v) is 18.5. The van der Waals surface area contributed by atoms with E-state index in [9.17, 15) is 13.2 Å². The predicted octanol–water partition coefficient (Wildman–Crippen LogP) is 4.00. The second-order valence-electron chi connectivity index (χ2n) is 7.20. The van der Waals surface area contributed by atoms with Gasteiger partial charge in [0.15, 0.2) is 5.78 Å². The number of hydrogen-bond donors (Lipinski definition) is 0. The van der Waals surface area contributed by atoms with Crippen molar-refractivity contribution in [3.63, 3.8) is 0 Å². The lowest BCUT2D eigenvalue weighted by Crippen LogP contribution is -2.06. The van der Waals surface area contributed by atoms with Gasteiger partial charge in [-0.15, -0.1) is 0 Å².